The first-order chi connectivity index (χ1) is 10.9. The Morgan fingerprint density at radius 1 is 1.17 bits per heavy atom. The van der Waals surface area contributed by atoms with Gasteiger partial charge in [0.1, 0.15) is 11.4 Å². The monoisotopic (exact) mass is 311 g/mol. The minimum Gasteiger partial charge on any atom is -0.451 e. The van der Waals surface area contributed by atoms with Crippen LogP contribution in [0.2, 0.25) is 0 Å². The summed E-state index contributed by atoms with van der Waals surface area (Å²) in [6.45, 7) is 8.10. The normalized spacial score (nSPS) is 10.7. The minimum absolute atomic E-state index is 0.215. The van der Waals surface area contributed by atoms with Crippen molar-refractivity contribution < 1.29 is 4.74 Å². The van der Waals surface area contributed by atoms with Crippen LogP contribution in [0.1, 0.15) is 44.9 Å². The molecule has 0 saturated heterocycles. The lowest BCUT2D eigenvalue weighted by molar-refractivity contribution is 0.470. The molecule has 3 N–H and O–H groups in total. The highest BCUT2D eigenvalue weighted by atomic mass is 16.5. The molecule has 6 heteroatoms. The van der Waals surface area contributed by atoms with Gasteiger partial charge in [-0.3, -0.25) is 0 Å². The van der Waals surface area contributed by atoms with Crippen LogP contribution in [0.3, 0.4) is 0 Å². The van der Waals surface area contributed by atoms with Gasteiger partial charge in [-0.25, -0.2) is 9.97 Å². The number of pyridine rings is 1. The summed E-state index contributed by atoms with van der Waals surface area (Å²) in [5, 5.41) is 3.09. The molecule has 2 heterocycles. The lowest BCUT2D eigenvalue weighted by Gasteiger charge is -2.15. The van der Waals surface area contributed by atoms with E-state index in [2.05, 4.69) is 40.0 Å². The van der Waals surface area contributed by atoms with Crippen molar-refractivity contribution in [1.29, 1.82) is 0 Å². The Labute approximate surface area is 136 Å². The van der Waals surface area contributed by atoms with E-state index in [1.807, 2.05) is 13.8 Å². The zero-order chi connectivity index (χ0) is 17.0. The molecule has 6 nitrogen and oxygen atoms in total. The van der Waals surface area contributed by atoms with E-state index in [4.69, 9.17) is 16.9 Å². The number of hydrogen-bond donors (Lipinski definition) is 2. The minimum atomic E-state index is 0.215. The van der Waals surface area contributed by atoms with Crippen molar-refractivity contribution in [2.75, 3.05) is 11.1 Å². The number of nitrogens with zero attached hydrogens (tertiary/aromatic N) is 3. The molecule has 0 spiro atoms. The molecule has 120 valence electrons. The molecule has 2 rings (SSSR count). The fraction of sp³-hybridized carbons (Fsp3) is 0.353. The van der Waals surface area contributed by atoms with Crippen LogP contribution in [-0.4, -0.2) is 21.0 Å². The van der Waals surface area contributed by atoms with Crippen molar-refractivity contribution in [1.82, 2.24) is 15.0 Å². The first-order valence-electron chi connectivity index (χ1n) is 7.44. The summed E-state index contributed by atoms with van der Waals surface area (Å²) < 4.78 is 5.89. The highest BCUT2D eigenvalue weighted by Crippen LogP contribution is 2.32. The molecule has 23 heavy (non-hydrogen) atoms. The maximum Gasteiger partial charge on any atom is 0.225 e. The number of rotatable bonds is 5. The maximum atomic E-state index is 5.97. The molecule has 0 aromatic carbocycles. The molecule has 0 aliphatic rings. The van der Waals surface area contributed by atoms with Crippen molar-refractivity contribution in [2.45, 2.75) is 39.7 Å². The van der Waals surface area contributed by atoms with Crippen LogP contribution >= 0.6 is 0 Å². The molecule has 0 aliphatic carbocycles. The Morgan fingerprint density at radius 2 is 1.91 bits per heavy atom. The van der Waals surface area contributed by atoms with Gasteiger partial charge in [0.05, 0.1) is 6.20 Å². The lowest BCUT2D eigenvalue weighted by Crippen LogP contribution is -2.13. The molecular weight excluding hydrogens is 290 g/mol. The molecular formula is C17H21N5O. The number of nitrogens with two attached hydrogens (primary N) is 1. The van der Waals surface area contributed by atoms with Gasteiger partial charge in [0, 0.05) is 23.9 Å². The lowest BCUT2D eigenvalue weighted by atomic mass is 10.0. The third kappa shape index (κ3) is 4.10. The summed E-state index contributed by atoms with van der Waals surface area (Å²) in [6, 6.07) is 1.93. The number of terminal acetylenes is 1. The predicted molar refractivity (Wildman–Crippen MR) is 91.5 cm³/mol. The Kier molecular flexibility index (Phi) is 5.02. The summed E-state index contributed by atoms with van der Waals surface area (Å²) in [5.74, 6) is 4.46. The molecule has 0 bridgehead atoms. The molecule has 2 aromatic heterocycles. The van der Waals surface area contributed by atoms with Crippen molar-refractivity contribution in [2.24, 2.45) is 0 Å². The first kappa shape index (κ1) is 16.6. The average molecular weight is 311 g/mol. The quantitative estimate of drug-likeness (QED) is 0.825. The van der Waals surface area contributed by atoms with E-state index in [9.17, 15) is 0 Å². The molecule has 0 radical (unpaired) electrons. The number of ether oxygens (including phenoxy) is 1. The second kappa shape index (κ2) is 6.97. The third-order valence-electron chi connectivity index (χ3n) is 3.09. The van der Waals surface area contributed by atoms with E-state index < -0.39 is 0 Å². The number of hydrogen-bond acceptors (Lipinski definition) is 6. The van der Waals surface area contributed by atoms with Gasteiger partial charge in [-0.05, 0) is 19.8 Å². The molecule has 0 unspecified atom stereocenters. The van der Waals surface area contributed by atoms with E-state index in [1.165, 1.54) is 0 Å². The molecule has 0 aliphatic heterocycles. The summed E-state index contributed by atoms with van der Waals surface area (Å²) >= 11 is 0. The number of anilines is 2. The van der Waals surface area contributed by atoms with Crippen molar-refractivity contribution in [3.8, 4) is 23.8 Å². The van der Waals surface area contributed by atoms with Crippen LogP contribution in [0.4, 0.5) is 11.8 Å². The van der Waals surface area contributed by atoms with Gasteiger partial charge in [-0.15, -0.1) is 6.42 Å². The highest BCUT2D eigenvalue weighted by molar-refractivity contribution is 5.51. The van der Waals surface area contributed by atoms with Crippen LogP contribution in [0.15, 0.2) is 18.5 Å². The Morgan fingerprint density at radius 3 is 2.48 bits per heavy atom. The first-order valence-corrected chi connectivity index (χ1v) is 7.44. The molecule has 2 aromatic rings. The Balaban J connectivity index is 2.33. The van der Waals surface area contributed by atoms with Crippen LogP contribution in [-0.2, 0) is 0 Å². The second-order valence-electron chi connectivity index (χ2n) is 5.75. The molecule has 0 amide bonds. The average Bonchev–Trinajstić information content (AvgIpc) is 2.49. The van der Waals surface area contributed by atoms with Crippen LogP contribution in [0.5, 0.6) is 11.5 Å². The highest BCUT2D eigenvalue weighted by Gasteiger charge is 2.13. The van der Waals surface area contributed by atoms with Crippen molar-refractivity contribution in [3.05, 3.63) is 29.7 Å². The summed E-state index contributed by atoms with van der Waals surface area (Å²) in [4.78, 5) is 12.6. The van der Waals surface area contributed by atoms with E-state index in [-0.39, 0.29) is 17.8 Å². The predicted octanol–water partition coefficient (Wildman–Crippen LogP) is 3.17. The molecule has 0 atom stereocenters. The fourth-order valence-corrected chi connectivity index (χ4v) is 1.96. The Hall–Kier alpha value is -2.81. The van der Waals surface area contributed by atoms with Gasteiger partial charge >= 0.3 is 0 Å². The molecule has 0 saturated carbocycles. The van der Waals surface area contributed by atoms with E-state index in [0.29, 0.717) is 23.1 Å². The second-order valence-corrected chi connectivity index (χ2v) is 5.75. The zero-order valence-electron chi connectivity index (χ0n) is 13.8. The van der Waals surface area contributed by atoms with Crippen LogP contribution in [0.25, 0.3) is 0 Å². The van der Waals surface area contributed by atoms with E-state index >= 15 is 0 Å². The van der Waals surface area contributed by atoms with Gasteiger partial charge in [0.2, 0.25) is 5.95 Å². The number of nitrogen functional groups attached to an aromatic ring is 1. The topological polar surface area (TPSA) is 86.0 Å². The third-order valence-corrected chi connectivity index (χ3v) is 3.09. The standard InChI is InChI=1S/C17H21N5O/c1-6-12-7-14(13(8-19-12)10(2)3)23-15-9-20-17(21-11(4)5)22-16(15)18/h1,7-11H,2-5H3,(H3,18,20,21,22). The largest absolute Gasteiger partial charge is 0.451 e. The van der Waals surface area contributed by atoms with Gasteiger partial charge in [0.25, 0.3) is 0 Å². The van der Waals surface area contributed by atoms with E-state index in [1.54, 1.807) is 18.5 Å². The summed E-state index contributed by atoms with van der Waals surface area (Å²) in [7, 11) is 0. The van der Waals surface area contributed by atoms with E-state index in [0.717, 1.165) is 5.56 Å². The SMILES string of the molecule is C#Cc1cc(Oc2cnc(NC(C)C)nc2N)c(C(C)C)cn1. The van der Waals surface area contributed by atoms with Crippen LogP contribution in [0, 0.1) is 12.3 Å². The van der Waals surface area contributed by atoms with Crippen molar-refractivity contribution >= 4 is 11.8 Å². The zero-order valence-corrected chi connectivity index (χ0v) is 13.8. The Bertz CT molecular complexity index is 734. The smallest absolute Gasteiger partial charge is 0.225 e. The maximum absolute atomic E-state index is 5.97. The summed E-state index contributed by atoms with van der Waals surface area (Å²) in [5.41, 5.74) is 7.41. The van der Waals surface area contributed by atoms with Gasteiger partial charge in [-0.1, -0.05) is 19.8 Å². The fourth-order valence-electron chi connectivity index (χ4n) is 1.96. The molecule has 0 fully saturated rings. The number of nitrogens with one attached hydrogen (secondary N) is 1. The van der Waals surface area contributed by atoms with Crippen LogP contribution < -0.4 is 15.8 Å². The van der Waals surface area contributed by atoms with Gasteiger partial charge in [-0.2, -0.15) is 4.98 Å². The van der Waals surface area contributed by atoms with Gasteiger partial charge in [0.15, 0.2) is 11.6 Å². The summed E-state index contributed by atoms with van der Waals surface area (Å²) in [6.07, 6.45) is 8.68. The van der Waals surface area contributed by atoms with Gasteiger partial charge < -0.3 is 15.8 Å². The number of aromatic nitrogens is 3. The van der Waals surface area contributed by atoms with Crippen molar-refractivity contribution in [3.63, 3.8) is 0 Å².